The minimum absolute atomic E-state index is 0.0536. The molecule has 0 aliphatic heterocycles. The van der Waals surface area contributed by atoms with Crippen LogP contribution in [0.15, 0.2) is 58.8 Å². The zero-order valence-corrected chi connectivity index (χ0v) is 14.9. The third-order valence-corrected chi connectivity index (χ3v) is 5.29. The number of aromatic nitrogens is 1. The van der Waals surface area contributed by atoms with Crippen LogP contribution in [-0.4, -0.2) is 21.4 Å². The predicted molar refractivity (Wildman–Crippen MR) is 95.4 cm³/mol. The zero-order valence-electron chi connectivity index (χ0n) is 13.3. The van der Waals surface area contributed by atoms with Gasteiger partial charge in [0, 0.05) is 32.9 Å². The number of esters is 1. The highest BCUT2D eigenvalue weighted by molar-refractivity contribution is 7.84. The molecular formula is C18H14FNO3S2. The van der Waals surface area contributed by atoms with E-state index in [0.29, 0.717) is 16.2 Å². The Hall–Kier alpha value is -2.38. The van der Waals surface area contributed by atoms with Crippen molar-refractivity contribution in [3.05, 3.63) is 71.0 Å². The number of hydrogen-bond donors (Lipinski definition) is 0. The highest BCUT2D eigenvalue weighted by atomic mass is 32.2. The quantitative estimate of drug-likeness (QED) is 0.632. The van der Waals surface area contributed by atoms with E-state index in [1.165, 1.54) is 23.5 Å². The van der Waals surface area contributed by atoms with Crippen LogP contribution < -0.4 is 0 Å². The third kappa shape index (κ3) is 4.37. The van der Waals surface area contributed by atoms with E-state index < -0.39 is 16.8 Å². The van der Waals surface area contributed by atoms with Crippen molar-refractivity contribution in [3.8, 4) is 10.6 Å². The van der Waals surface area contributed by atoms with Crippen molar-refractivity contribution in [2.45, 2.75) is 11.5 Å². The van der Waals surface area contributed by atoms with Crippen molar-refractivity contribution < 1.29 is 18.1 Å². The molecule has 0 spiro atoms. The van der Waals surface area contributed by atoms with Crippen molar-refractivity contribution in [2.75, 3.05) is 6.26 Å². The minimum Gasteiger partial charge on any atom is -0.456 e. The van der Waals surface area contributed by atoms with E-state index in [1.54, 1.807) is 48.0 Å². The highest BCUT2D eigenvalue weighted by Crippen LogP contribution is 2.24. The monoisotopic (exact) mass is 375 g/mol. The number of carbonyl (C=O) groups is 1. The number of hydrogen-bond acceptors (Lipinski definition) is 5. The first-order chi connectivity index (χ1) is 12.0. The lowest BCUT2D eigenvalue weighted by Crippen LogP contribution is -2.05. The van der Waals surface area contributed by atoms with Gasteiger partial charge < -0.3 is 4.74 Å². The van der Waals surface area contributed by atoms with E-state index in [0.717, 1.165) is 10.6 Å². The van der Waals surface area contributed by atoms with E-state index in [2.05, 4.69) is 4.98 Å². The lowest BCUT2D eigenvalue weighted by Gasteiger charge is -2.03. The van der Waals surface area contributed by atoms with E-state index in [-0.39, 0.29) is 12.4 Å². The molecule has 128 valence electrons. The van der Waals surface area contributed by atoms with Crippen LogP contribution in [-0.2, 0) is 22.1 Å². The number of halogens is 1. The summed E-state index contributed by atoms with van der Waals surface area (Å²) in [5.74, 6) is -0.767. The van der Waals surface area contributed by atoms with Gasteiger partial charge in [-0.3, -0.25) is 4.21 Å². The maximum atomic E-state index is 13.0. The first-order valence-electron chi connectivity index (χ1n) is 7.34. The molecule has 0 aliphatic rings. The summed E-state index contributed by atoms with van der Waals surface area (Å²) < 4.78 is 29.6. The molecule has 0 bridgehead atoms. The largest absolute Gasteiger partial charge is 0.456 e. The summed E-state index contributed by atoms with van der Waals surface area (Å²) in [6.07, 6.45) is 1.58. The van der Waals surface area contributed by atoms with Crippen molar-refractivity contribution in [1.82, 2.24) is 4.98 Å². The summed E-state index contributed by atoms with van der Waals surface area (Å²) in [4.78, 5) is 17.1. The maximum absolute atomic E-state index is 13.0. The highest BCUT2D eigenvalue weighted by Gasteiger charge is 2.10. The van der Waals surface area contributed by atoms with Crippen LogP contribution in [0.3, 0.4) is 0 Å². The molecule has 0 aliphatic carbocycles. The summed E-state index contributed by atoms with van der Waals surface area (Å²) in [5, 5.41) is 2.54. The molecule has 0 saturated heterocycles. The summed E-state index contributed by atoms with van der Waals surface area (Å²) in [6, 6.07) is 12.5. The van der Waals surface area contributed by atoms with Gasteiger partial charge >= 0.3 is 5.97 Å². The molecule has 25 heavy (non-hydrogen) atoms. The van der Waals surface area contributed by atoms with Crippen LogP contribution in [0, 0.1) is 5.82 Å². The molecular weight excluding hydrogens is 361 g/mol. The van der Waals surface area contributed by atoms with Gasteiger partial charge in [0.05, 0.1) is 11.3 Å². The first-order valence-corrected chi connectivity index (χ1v) is 9.77. The summed E-state index contributed by atoms with van der Waals surface area (Å²) in [6.45, 7) is 0.0536. The zero-order chi connectivity index (χ0) is 17.8. The van der Waals surface area contributed by atoms with E-state index in [1.807, 2.05) is 0 Å². The summed E-state index contributed by atoms with van der Waals surface area (Å²) >= 11 is 1.40. The van der Waals surface area contributed by atoms with Gasteiger partial charge in [-0.25, -0.2) is 14.2 Å². The number of carbonyl (C=O) groups excluding carboxylic acids is 1. The molecule has 1 atom stereocenters. The van der Waals surface area contributed by atoms with Crippen molar-refractivity contribution in [3.63, 3.8) is 0 Å². The van der Waals surface area contributed by atoms with Crippen LogP contribution >= 0.6 is 11.3 Å². The second-order valence-corrected chi connectivity index (χ2v) is 7.44. The third-order valence-electron chi connectivity index (χ3n) is 3.42. The van der Waals surface area contributed by atoms with E-state index in [4.69, 9.17) is 4.74 Å². The van der Waals surface area contributed by atoms with Crippen LogP contribution in [0.25, 0.3) is 10.6 Å². The molecule has 0 amide bonds. The topological polar surface area (TPSA) is 56.3 Å². The van der Waals surface area contributed by atoms with Gasteiger partial charge in [0.25, 0.3) is 0 Å². The fourth-order valence-electron chi connectivity index (χ4n) is 2.10. The second kappa shape index (κ2) is 7.67. The first kappa shape index (κ1) is 17.4. The lowest BCUT2D eigenvalue weighted by molar-refractivity contribution is 0.0468. The Morgan fingerprint density at radius 1 is 1.16 bits per heavy atom. The van der Waals surface area contributed by atoms with Crippen LogP contribution in [0.2, 0.25) is 0 Å². The van der Waals surface area contributed by atoms with Gasteiger partial charge in [0.1, 0.15) is 17.4 Å². The normalized spacial score (nSPS) is 11.9. The SMILES string of the molecule is CS(=O)c1ccc(C(=O)OCc2csc(-c3ccc(F)cc3)n2)cc1. The van der Waals surface area contributed by atoms with Gasteiger partial charge in [-0.05, 0) is 48.5 Å². The van der Waals surface area contributed by atoms with Gasteiger partial charge in [0.2, 0.25) is 0 Å². The maximum Gasteiger partial charge on any atom is 0.338 e. The van der Waals surface area contributed by atoms with E-state index >= 15 is 0 Å². The summed E-state index contributed by atoms with van der Waals surface area (Å²) in [7, 11) is -1.09. The van der Waals surface area contributed by atoms with Gasteiger partial charge in [0.15, 0.2) is 0 Å². The number of ether oxygens (including phenoxy) is 1. The van der Waals surface area contributed by atoms with Crippen molar-refractivity contribution in [1.29, 1.82) is 0 Å². The molecule has 0 N–H and O–H groups in total. The Labute approximate surface area is 150 Å². The van der Waals surface area contributed by atoms with Gasteiger partial charge in [-0.15, -0.1) is 11.3 Å². The Kier molecular flexibility index (Phi) is 5.35. The average molecular weight is 375 g/mol. The van der Waals surface area contributed by atoms with Crippen LogP contribution in [0.5, 0.6) is 0 Å². The number of nitrogens with zero attached hydrogens (tertiary/aromatic N) is 1. The van der Waals surface area contributed by atoms with Gasteiger partial charge in [-0.2, -0.15) is 0 Å². The molecule has 1 heterocycles. The summed E-state index contributed by atoms with van der Waals surface area (Å²) in [5.41, 5.74) is 1.83. The Morgan fingerprint density at radius 3 is 2.48 bits per heavy atom. The standard InChI is InChI=1S/C18H14FNO3S2/c1-25(22)16-8-4-13(5-9-16)18(21)23-10-15-11-24-17(20-15)12-2-6-14(19)7-3-12/h2-9,11H,10H2,1H3. The minimum atomic E-state index is -1.09. The number of benzene rings is 2. The molecule has 0 radical (unpaired) electrons. The smallest absolute Gasteiger partial charge is 0.338 e. The van der Waals surface area contributed by atoms with Crippen molar-refractivity contribution >= 4 is 28.1 Å². The van der Waals surface area contributed by atoms with Crippen molar-refractivity contribution in [2.24, 2.45) is 0 Å². The predicted octanol–water partition coefficient (Wildman–Crippen LogP) is 4.04. The van der Waals surface area contributed by atoms with Crippen LogP contribution in [0.4, 0.5) is 4.39 Å². The molecule has 0 fully saturated rings. The molecule has 0 saturated carbocycles. The molecule has 1 aromatic heterocycles. The Bertz CT molecular complexity index is 905. The van der Waals surface area contributed by atoms with E-state index in [9.17, 15) is 13.4 Å². The molecule has 7 heteroatoms. The molecule has 3 aromatic rings. The van der Waals surface area contributed by atoms with Gasteiger partial charge in [-0.1, -0.05) is 0 Å². The fraction of sp³-hybridized carbons (Fsp3) is 0.111. The van der Waals surface area contributed by atoms with Crippen LogP contribution in [0.1, 0.15) is 16.1 Å². The Morgan fingerprint density at radius 2 is 1.84 bits per heavy atom. The molecule has 1 unspecified atom stereocenters. The molecule has 2 aromatic carbocycles. The number of rotatable bonds is 5. The number of thiazole rings is 1. The molecule has 3 rings (SSSR count). The lowest BCUT2D eigenvalue weighted by atomic mass is 10.2. The average Bonchev–Trinajstić information content (AvgIpc) is 3.09. The molecule has 4 nitrogen and oxygen atoms in total. The Balaban J connectivity index is 1.62. The second-order valence-electron chi connectivity index (χ2n) is 5.21. The fourth-order valence-corrected chi connectivity index (χ4v) is 3.43.